The van der Waals surface area contributed by atoms with Crippen molar-refractivity contribution in [2.75, 3.05) is 5.32 Å². The molecular weight excluding hydrogens is 424 g/mol. The van der Waals surface area contributed by atoms with Gasteiger partial charge in [0, 0.05) is 23.1 Å². The van der Waals surface area contributed by atoms with Gasteiger partial charge in [-0.2, -0.15) is 4.98 Å². The van der Waals surface area contributed by atoms with Crippen LogP contribution < -0.4 is 5.32 Å². The number of aryl methyl sites for hydroxylation is 1. The van der Waals surface area contributed by atoms with Gasteiger partial charge < -0.3 is 14.3 Å². The van der Waals surface area contributed by atoms with Gasteiger partial charge in [-0.15, -0.1) is 11.8 Å². The number of amides is 1. The van der Waals surface area contributed by atoms with E-state index in [1.54, 1.807) is 13.0 Å². The third-order valence-electron chi connectivity index (χ3n) is 4.74. The molecule has 0 bridgehead atoms. The van der Waals surface area contributed by atoms with Crippen LogP contribution in [0.15, 0.2) is 86.6 Å². The zero-order valence-corrected chi connectivity index (χ0v) is 17.9. The Bertz CT molecular complexity index is 1360. The van der Waals surface area contributed by atoms with Gasteiger partial charge in [-0.3, -0.25) is 4.79 Å². The molecule has 0 spiro atoms. The van der Waals surface area contributed by atoms with E-state index in [-0.39, 0.29) is 5.91 Å². The minimum absolute atomic E-state index is 0.188. The normalized spacial score (nSPS) is 11.0. The molecule has 0 atom stereocenters. The van der Waals surface area contributed by atoms with Crippen molar-refractivity contribution in [1.82, 2.24) is 15.1 Å². The molecule has 2 aromatic heterocycles. The highest BCUT2D eigenvalue weighted by atomic mass is 32.2. The number of anilines is 1. The molecule has 1 amide bonds. The quantitative estimate of drug-likeness (QED) is 0.336. The molecule has 0 radical (unpaired) electrons. The van der Waals surface area contributed by atoms with Crippen molar-refractivity contribution in [1.29, 1.82) is 0 Å². The molecule has 8 heteroatoms. The zero-order valence-electron chi connectivity index (χ0n) is 17.1. The monoisotopic (exact) mass is 442 g/mol. The maximum Gasteiger partial charge on any atom is 0.256 e. The molecular formula is C24H18N4O3S. The lowest BCUT2D eigenvalue weighted by molar-refractivity contribution is 0.102. The molecule has 5 aromatic rings. The topological polar surface area (TPSA) is 94.1 Å². The second-order valence-electron chi connectivity index (χ2n) is 7.03. The SMILES string of the molecule is Cc1nc(CSc2ccccc2C(=O)Nc2ccc(-c3nc4ccccc4o3)cc2)no1. The summed E-state index contributed by atoms with van der Waals surface area (Å²) in [4.78, 5) is 22.5. The number of carbonyl (C=O) groups is 1. The zero-order chi connectivity index (χ0) is 21.9. The fourth-order valence-electron chi connectivity index (χ4n) is 3.21. The van der Waals surface area contributed by atoms with Crippen LogP contribution in [0.2, 0.25) is 0 Å². The molecule has 0 unspecified atom stereocenters. The predicted octanol–water partition coefficient (Wildman–Crippen LogP) is 5.73. The fraction of sp³-hybridized carbons (Fsp3) is 0.0833. The molecule has 0 fully saturated rings. The van der Waals surface area contributed by atoms with E-state index in [1.807, 2.05) is 66.7 Å². The molecule has 32 heavy (non-hydrogen) atoms. The fourth-order valence-corrected chi connectivity index (χ4v) is 4.11. The Hall–Kier alpha value is -3.91. The van der Waals surface area contributed by atoms with Gasteiger partial charge in [-0.05, 0) is 48.5 Å². The average molecular weight is 443 g/mol. The Morgan fingerprint density at radius 1 is 0.969 bits per heavy atom. The molecule has 0 aliphatic carbocycles. The van der Waals surface area contributed by atoms with Crippen LogP contribution >= 0.6 is 11.8 Å². The number of fused-ring (bicyclic) bond motifs is 1. The Labute approximate surface area is 187 Å². The number of nitrogens with one attached hydrogen (secondary N) is 1. The number of nitrogens with zero attached hydrogens (tertiary/aromatic N) is 3. The maximum absolute atomic E-state index is 12.9. The van der Waals surface area contributed by atoms with Gasteiger partial charge in [0.1, 0.15) is 5.52 Å². The van der Waals surface area contributed by atoms with E-state index < -0.39 is 0 Å². The maximum atomic E-state index is 12.9. The Morgan fingerprint density at radius 2 is 1.75 bits per heavy atom. The summed E-state index contributed by atoms with van der Waals surface area (Å²) in [6, 6.07) is 22.5. The first kappa shape index (κ1) is 20.0. The highest BCUT2D eigenvalue weighted by molar-refractivity contribution is 7.98. The molecule has 5 rings (SSSR count). The van der Waals surface area contributed by atoms with Gasteiger partial charge in [0.05, 0.1) is 11.3 Å². The minimum Gasteiger partial charge on any atom is -0.436 e. The first-order valence-electron chi connectivity index (χ1n) is 9.94. The standard InChI is InChI=1S/C24H18N4O3S/c1-15-25-22(28-31-15)14-32-21-9-5-2-6-18(21)23(29)26-17-12-10-16(11-13-17)24-27-19-7-3-4-8-20(19)30-24/h2-13H,14H2,1H3,(H,26,29). The molecule has 158 valence electrons. The van der Waals surface area contributed by atoms with Crippen LogP contribution in [0.3, 0.4) is 0 Å². The highest BCUT2D eigenvalue weighted by Gasteiger charge is 2.14. The Morgan fingerprint density at radius 3 is 2.53 bits per heavy atom. The van der Waals surface area contributed by atoms with Crippen molar-refractivity contribution in [3.8, 4) is 11.5 Å². The second kappa shape index (κ2) is 8.68. The average Bonchev–Trinajstić information content (AvgIpc) is 3.44. The summed E-state index contributed by atoms with van der Waals surface area (Å²) in [5, 5.41) is 6.85. The van der Waals surface area contributed by atoms with Crippen molar-refractivity contribution in [3.63, 3.8) is 0 Å². The Kier molecular flexibility index (Phi) is 5.43. The first-order valence-corrected chi connectivity index (χ1v) is 10.9. The van der Waals surface area contributed by atoms with Crippen LogP contribution in [-0.4, -0.2) is 21.0 Å². The van der Waals surface area contributed by atoms with Gasteiger partial charge in [-0.25, -0.2) is 4.98 Å². The van der Waals surface area contributed by atoms with E-state index in [9.17, 15) is 4.79 Å². The number of oxazole rings is 1. The molecule has 2 heterocycles. The molecule has 3 aromatic carbocycles. The number of benzene rings is 3. The van der Waals surface area contributed by atoms with Crippen LogP contribution in [-0.2, 0) is 5.75 Å². The molecule has 1 N–H and O–H groups in total. The molecule has 0 aliphatic rings. The number of carbonyl (C=O) groups excluding carboxylic acids is 1. The lowest BCUT2D eigenvalue weighted by Crippen LogP contribution is -2.12. The molecule has 7 nitrogen and oxygen atoms in total. The number of hydrogen-bond acceptors (Lipinski definition) is 7. The van der Waals surface area contributed by atoms with Crippen LogP contribution in [0.5, 0.6) is 0 Å². The van der Waals surface area contributed by atoms with Crippen molar-refractivity contribution in [2.24, 2.45) is 0 Å². The predicted molar refractivity (Wildman–Crippen MR) is 122 cm³/mol. The van der Waals surface area contributed by atoms with Crippen molar-refractivity contribution in [3.05, 3.63) is 90.1 Å². The third kappa shape index (κ3) is 4.26. The van der Waals surface area contributed by atoms with Gasteiger partial charge in [0.15, 0.2) is 11.4 Å². The number of para-hydroxylation sites is 2. The number of rotatable bonds is 6. The van der Waals surface area contributed by atoms with Gasteiger partial charge >= 0.3 is 0 Å². The molecule has 0 aliphatic heterocycles. The van der Waals surface area contributed by atoms with E-state index >= 15 is 0 Å². The minimum atomic E-state index is -0.188. The van der Waals surface area contributed by atoms with Crippen LogP contribution in [0, 0.1) is 6.92 Å². The number of aromatic nitrogens is 3. The smallest absolute Gasteiger partial charge is 0.256 e. The van der Waals surface area contributed by atoms with E-state index in [0.717, 1.165) is 21.6 Å². The summed E-state index contributed by atoms with van der Waals surface area (Å²) in [5.41, 5.74) is 3.66. The van der Waals surface area contributed by atoms with Crippen LogP contribution in [0.25, 0.3) is 22.6 Å². The van der Waals surface area contributed by atoms with E-state index in [0.29, 0.717) is 34.6 Å². The largest absolute Gasteiger partial charge is 0.436 e. The highest BCUT2D eigenvalue weighted by Crippen LogP contribution is 2.28. The molecule has 0 saturated heterocycles. The van der Waals surface area contributed by atoms with Crippen molar-refractivity contribution in [2.45, 2.75) is 17.6 Å². The van der Waals surface area contributed by atoms with E-state index in [2.05, 4.69) is 20.4 Å². The summed E-state index contributed by atoms with van der Waals surface area (Å²) in [6.45, 7) is 1.75. The van der Waals surface area contributed by atoms with Crippen molar-refractivity contribution >= 4 is 34.5 Å². The van der Waals surface area contributed by atoms with Gasteiger partial charge in [0.2, 0.25) is 11.8 Å². The van der Waals surface area contributed by atoms with Crippen LogP contribution in [0.4, 0.5) is 5.69 Å². The van der Waals surface area contributed by atoms with E-state index in [1.165, 1.54) is 11.8 Å². The molecule has 0 saturated carbocycles. The van der Waals surface area contributed by atoms with E-state index in [4.69, 9.17) is 8.94 Å². The Balaban J connectivity index is 1.29. The number of thioether (sulfide) groups is 1. The summed E-state index contributed by atoms with van der Waals surface area (Å²) in [5.74, 6) is 1.99. The summed E-state index contributed by atoms with van der Waals surface area (Å²) >= 11 is 1.49. The number of hydrogen-bond donors (Lipinski definition) is 1. The van der Waals surface area contributed by atoms with Gasteiger partial charge in [0.25, 0.3) is 5.91 Å². The lowest BCUT2D eigenvalue weighted by atomic mass is 10.2. The first-order chi connectivity index (χ1) is 15.7. The lowest BCUT2D eigenvalue weighted by Gasteiger charge is -2.09. The van der Waals surface area contributed by atoms with Crippen molar-refractivity contribution < 1.29 is 13.7 Å². The summed E-state index contributed by atoms with van der Waals surface area (Å²) < 4.78 is 10.8. The van der Waals surface area contributed by atoms with Gasteiger partial charge in [-0.1, -0.05) is 29.4 Å². The second-order valence-corrected chi connectivity index (χ2v) is 8.05. The summed E-state index contributed by atoms with van der Waals surface area (Å²) in [7, 11) is 0. The van der Waals surface area contributed by atoms with Crippen LogP contribution in [0.1, 0.15) is 22.1 Å². The third-order valence-corrected chi connectivity index (χ3v) is 5.81. The summed E-state index contributed by atoms with van der Waals surface area (Å²) in [6.07, 6.45) is 0.